The van der Waals surface area contributed by atoms with Crippen LogP contribution in [-0.2, 0) is 4.79 Å². The number of anilines is 1. The van der Waals surface area contributed by atoms with E-state index in [0.717, 1.165) is 6.07 Å². The van der Waals surface area contributed by atoms with E-state index in [-0.39, 0.29) is 34.9 Å². The zero-order valence-corrected chi connectivity index (χ0v) is 13.5. The van der Waals surface area contributed by atoms with E-state index in [1.807, 2.05) is 0 Å². The van der Waals surface area contributed by atoms with E-state index >= 15 is 0 Å². The van der Waals surface area contributed by atoms with E-state index in [1.54, 1.807) is 0 Å². The van der Waals surface area contributed by atoms with Crippen LogP contribution in [0.25, 0.3) is 0 Å². The van der Waals surface area contributed by atoms with Crippen molar-refractivity contribution in [1.29, 1.82) is 0 Å². The van der Waals surface area contributed by atoms with Gasteiger partial charge >= 0.3 is 0 Å². The summed E-state index contributed by atoms with van der Waals surface area (Å²) in [5, 5.41) is 15.6. The number of non-ortho nitro benzene ring substituents is 1. The molecule has 9 heteroatoms. The van der Waals surface area contributed by atoms with Crippen LogP contribution in [0, 0.1) is 15.9 Å². The highest BCUT2D eigenvalue weighted by Crippen LogP contribution is 2.18. The predicted molar refractivity (Wildman–Crippen MR) is 90.1 cm³/mol. The lowest BCUT2D eigenvalue weighted by Crippen LogP contribution is -2.27. The van der Waals surface area contributed by atoms with Gasteiger partial charge in [0.25, 0.3) is 11.6 Å². The molecular weight excluding hydrogens is 353 g/mol. The van der Waals surface area contributed by atoms with Crippen molar-refractivity contribution in [2.24, 2.45) is 0 Å². The number of amides is 2. The molecule has 0 heterocycles. The summed E-state index contributed by atoms with van der Waals surface area (Å²) in [6, 6.07) is 8.91. The van der Waals surface area contributed by atoms with Gasteiger partial charge in [-0.3, -0.25) is 19.7 Å². The Labute approximate surface area is 146 Å². The maximum atomic E-state index is 13.6. The van der Waals surface area contributed by atoms with Gasteiger partial charge in [0.05, 0.1) is 10.6 Å². The van der Waals surface area contributed by atoms with Crippen molar-refractivity contribution in [1.82, 2.24) is 5.32 Å². The van der Waals surface area contributed by atoms with Gasteiger partial charge in [-0.25, -0.2) is 4.39 Å². The lowest BCUT2D eigenvalue weighted by molar-refractivity contribution is -0.384. The molecule has 0 saturated carbocycles. The molecule has 130 valence electrons. The van der Waals surface area contributed by atoms with E-state index in [2.05, 4.69) is 10.6 Å². The minimum absolute atomic E-state index is 0.00362. The summed E-state index contributed by atoms with van der Waals surface area (Å²) < 4.78 is 13.6. The summed E-state index contributed by atoms with van der Waals surface area (Å²) in [5.74, 6) is -1.61. The van der Waals surface area contributed by atoms with Crippen LogP contribution in [0.15, 0.2) is 42.5 Å². The average Bonchev–Trinajstić information content (AvgIpc) is 2.57. The predicted octanol–water partition coefficient (Wildman–Crippen LogP) is 3.15. The molecule has 2 aromatic rings. The summed E-state index contributed by atoms with van der Waals surface area (Å²) in [6.07, 6.45) is -0.0687. The van der Waals surface area contributed by atoms with Gasteiger partial charge in [0.15, 0.2) is 0 Å². The zero-order chi connectivity index (χ0) is 18.4. The first-order chi connectivity index (χ1) is 11.9. The van der Waals surface area contributed by atoms with Crippen molar-refractivity contribution in [3.05, 3.63) is 69.0 Å². The molecule has 0 aromatic heterocycles. The van der Waals surface area contributed by atoms with Crippen molar-refractivity contribution < 1.29 is 18.9 Å². The van der Waals surface area contributed by atoms with Crippen molar-refractivity contribution in [3.63, 3.8) is 0 Å². The molecule has 0 spiro atoms. The highest BCUT2D eigenvalue weighted by molar-refractivity contribution is 6.30. The van der Waals surface area contributed by atoms with Crippen LogP contribution in [0.2, 0.25) is 5.02 Å². The van der Waals surface area contributed by atoms with E-state index in [4.69, 9.17) is 11.6 Å². The molecule has 0 aliphatic rings. The van der Waals surface area contributed by atoms with Gasteiger partial charge in [-0.1, -0.05) is 11.6 Å². The van der Waals surface area contributed by atoms with Gasteiger partial charge < -0.3 is 10.6 Å². The quantitative estimate of drug-likeness (QED) is 0.606. The third kappa shape index (κ3) is 5.25. The Morgan fingerprint density at radius 1 is 1.16 bits per heavy atom. The lowest BCUT2D eigenvalue weighted by Gasteiger charge is -2.08. The number of nitrogens with zero attached hydrogens (tertiary/aromatic N) is 1. The second-order valence-electron chi connectivity index (χ2n) is 4.98. The van der Waals surface area contributed by atoms with Gasteiger partial charge in [-0.05, 0) is 30.3 Å². The Hall–Kier alpha value is -3.00. The van der Waals surface area contributed by atoms with Crippen molar-refractivity contribution >= 4 is 34.8 Å². The normalized spacial score (nSPS) is 10.2. The maximum absolute atomic E-state index is 13.6. The fraction of sp³-hybridized carbons (Fsp3) is 0.125. The van der Waals surface area contributed by atoms with Gasteiger partial charge in [0.1, 0.15) is 5.82 Å². The summed E-state index contributed by atoms with van der Waals surface area (Å²) in [7, 11) is 0. The van der Waals surface area contributed by atoms with Gasteiger partial charge in [-0.2, -0.15) is 0 Å². The molecule has 0 radical (unpaired) electrons. The molecule has 0 saturated heterocycles. The molecule has 0 aliphatic heterocycles. The SMILES string of the molecule is O=C(CCNC(=O)c1ccc([N+](=O)[O-])cc1)Nc1ccc(Cl)cc1F. The molecule has 0 aliphatic carbocycles. The first-order valence-electron chi connectivity index (χ1n) is 7.14. The molecule has 0 unspecified atom stereocenters. The van der Waals surface area contributed by atoms with E-state index in [9.17, 15) is 24.1 Å². The second-order valence-corrected chi connectivity index (χ2v) is 5.42. The standard InChI is InChI=1S/C16H13ClFN3O4/c17-11-3-6-14(13(18)9-11)20-15(22)7-8-19-16(23)10-1-4-12(5-2-10)21(24)25/h1-6,9H,7-8H2,(H,19,23)(H,20,22). The zero-order valence-electron chi connectivity index (χ0n) is 12.8. The molecule has 0 bridgehead atoms. The van der Waals surface area contributed by atoms with E-state index in [1.165, 1.54) is 36.4 Å². The third-order valence-electron chi connectivity index (χ3n) is 3.18. The maximum Gasteiger partial charge on any atom is 0.269 e. The van der Waals surface area contributed by atoms with Gasteiger partial charge in [0, 0.05) is 35.7 Å². The number of rotatable bonds is 6. The molecule has 25 heavy (non-hydrogen) atoms. The highest BCUT2D eigenvalue weighted by Gasteiger charge is 2.11. The Morgan fingerprint density at radius 3 is 2.44 bits per heavy atom. The number of halogens is 2. The van der Waals surface area contributed by atoms with Crippen LogP contribution in [0.1, 0.15) is 16.8 Å². The number of hydrogen-bond acceptors (Lipinski definition) is 4. The van der Waals surface area contributed by atoms with Crippen LogP contribution in [-0.4, -0.2) is 23.3 Å². The van der Waals surface area contributed by atoms with Crippen LogP contribution in [0.5, 0.6) is 0 Å². The van der Waals surface area contributed by atoms with Crippen molar-refractivity contribution in [2.75, 3.05) is 11.9 Å². The van der Waals surface area contributed by atoms with Crippen LogP contribution in [0.3, 0.4) is 0 Å². The van der Waals surface area contributed by atoms with Crippen molar-refractivity contribution in [3.8, 4) is 0 Å². The molecule has 0 atom stereocenters. The fourth-order valence-electron chi connectivity index (χ4n) is 1.93. The van der Waals surface area contributed by atoms with E-state index in [0.29, 0.717) is 0 Å². The minimum Gasteiger partial charge on any atom is -0.352 e. The Kier molecular flexibility index (Phi) is 6.02. The third-order valence-corrected chi connectivity index (χ3v) is 3.42. The molecular formula is C16H13ClFN3O4. The monoisotopic (exact) mass is 365 g/mol. The Morgan fingerprint density at radius 2 is 1.84 bits per heavy atom. The Balaban J connectivity index is 1.82. The largest absolute Gasteiger partial charge is 0.352 e. The summed E-state index contributed by atoms with van der Waals surface area (Å²) >= 11 is 5.62. The van der Waals surface area contributed by atoms with Crippen LogP contribution < -0.4 is 10.6 Å². The number of nitro groups is 1. The minimum atomic E-state index is -0.657. The first-order valence-corrected chi connectivity index (χ1v) is 7.52. The van der Waals surface area contributed by atoms with Crippen LogP contribution >= 0.6 is 11.6 Å². The van der Waals surface area contributed by atoms with Gasteiger partial charge in [0.2, 0.25) is 5.91 Å². The Bertz CT molecular complexity index is 812. The lowest BCUT2D eigenvalue weighted by atomic mass is 10.2. The smallest absolute Gasteiger partial charge is 0.269 e. The number of carbonyl (C=O) groups excluding carboxylic acids is 2. The highest BCUT2D eigenvalue weighted by atomic mass is 35.5. The summed E-state index contributed by atoms with van der Waals surface area (Å²) in [6.45, 7) is 0.0247. The molecule has 7 nitrogen and oxygen atoms in total. The first kappa shape index (κ1) is 18.3. The summed E-state index contributed by atoms with van der Waals surface area (Å²) in [4.78, 5) is 33.6. The number of carbonyl (C=O) groups is 2. The van der Waals surface area contributed by atoms with Crippen LogP contribution in [0.4, 0.5) is 15.8 Å². The second kappa shape index (κ2) is 8.20. The topological polar surface area (TPSA) is 101 Å². The molecule has 2 amide bonds. The van der Waals surface area contributed by atoms with E-state index < -0.39 is 22.6 Å². The average molecular weight is 366 g/mol. The molecule has 0 fully saturated rings. The molecule has 2 N–H and O–H groups in total. The van der Waals surface area contributed by atoms with Crippen molar-refractivity contribution in [2.45, 2.75) is 6.42 Å². The number of hydrogen-bond donors (Lipinski definition) is 2. The molecule has 2 rings (SSSR count). The molecule has 2 aromatic carbocycles. The summed E-state index contributed by atoms with van der Waals surface area (Å²) in [5.41, 5.74) is 0.103. The number of benzene rings is 2. The number of nitrogens with one attached hydrogen (secondary N) is 2. The fourth-order valence-corrected chi connectivity index (χ4v) is 2.09. The van der Waals surface area contributed by atoms with Gasteiger partial charge in [-0.15, -0.1) is 0 Å². The number of nitro benzene ring substituents is 1.